The summed E-state index contributed by atoms with van der Waals surface area (Å²) in [6.07, 6.45) is 0. The predicted octanol–water partition coefficient (Wildman–Crippen LogP) is 5.12. The Balaban J connectivity index is 0.000000196. The number of H-pyrrole nitrogens is 2. The molecule has 4 aromatic rings. The van der Waals surface area contributed by atoms with Gasteiger partial charge in [0, 0.05) is 11.4 Å². The SMILES string of the molecule is N#Cc1c(Nc2ccccc2)s[nH]c1=O.[C-]#[N+]c1cc(Nc2s[nH]c(=O)c2C#N)cc(Br)c1O. The molecule has 10 nitrogen and oxygen atoms in total. The van der Waals surface area contributed by atoms with Gasteiger partial charge in [0.1, 0.15) is 27.9 Å². The lowest BCUT2D eigenvalue weighted by molar-refractivity contribution is 0.475. The van der Waals surface area contributed by atoms with E-state index in [2.05, 4.69) is 40.2 Å². The summed E-state index contributed by atoms with van der Waals surface area (Å²) in [6, 6.07) is 16.0. The van der Waals surface area contributed by atoms with Gasteiger partial charge in [-0.2, -0.15) is 10.5 Å². The van der Waals surface area contributed by atoms with E-state index in [1.54, 1.807) is 12.1 Å². The molecule has 168 valence electrons. The molecule has 2 heterocycles. The molecule has 0 saturated heterocycles. The first-order valence-corrected chi connectivity index (χ1v) is 11.5. The standard InChI is InChI=1S/C11H5BrN4O2S.C10H7N3OS/c1-14-8-3-5(2-7(12)9(8)17)15-11-6(4-13)10(18)16-19-11;11-6-8-9(14)13-15-10(8)12-7-4-2-1-3-5-7/h2-3,15,17H,(H,16,18);1-5,12H,(H,13,14). The number of aromatic amines is 2. The maximum Gasteiger partial charge on any atom is 0.278 e. The second-order valence-corrected chi connectivity index (χ2v) is 8.74. The van der Waals surface area contributed by atoms with E-state index in [9.17, 15) is 14.7 Å². The molecule has 0 spiro atoms. The molecule has 2 aromatic heterocycles. The summed E-state index contributed by atoms with van der Waals surface area (Å²) < 4.78 is 5.30. The lowest BCUT2D eigenvalue weighted by atomic mass is 10.2. The number of anilines is 4. The molecule has 0 aliphatic carbocycles. The van der Waals surface area contributed by atoms with Crippen molar-refractivity contribution in [3.8, 4) is 17.9 Å². The lowest BCUT2D eigenvalue weighted by Crippen LogP contribution is -2.02. The first-order chi connectivity index (χ1) is 16.4. The van der Waals surface area contributed by atoms with Gasteiger partial charge in [-0.25, -0.2) is 4.85 Å². The zero-order valence-electron chi connectivity index (χ0n) is 16.8. The summed E-state index contributed by atoms with van der Waals surface area (Å²) >= 11 is 5.24. The van der Waals surface area contributed by atoms with E-state index in [1.807, 2.05) is 36.4 Å². The van der Waals surface area contributed by atoms with Crippen LogP contribution >= 0.6 is 39.0 Å². The third-order valence-electron chi connectivity index (χ3n) is 4.08. The highest BCUT2D eigenvalue weighted by molar-refractivity contribution is 9.10. The highest BCUT2D eigenvalue weighted by atomic mass is 79.9. The molecule has 5 N–H and O–H groups in total. The summed E-state index contributed by atoms with van der Waals surface area (Å²) in [4.78, 5) is 25.6. The molecule has 0 radical (unpaired) electrons. The van der Waals surface area contributed by atoms with Gasteiger partial charge >= 0.3 is 0 Å². The second kappa shape index (κ2) is 11.0. The Kier molecular flexibility index (Phi) is 7.85. The van der Waals surface area contributed by atoms with Crippen LogP contribution in [0.4, 0.5) is 27.1 Å². The van der Waals surface area contributed by atoms with Crippen LogP contribution in [0.1, 0.15) is 11.1 Å². The van der Waals surface area contributed by atoms with Gasteiger partial charge in [0.25, 0.3) is 11.1 Å². The average molecular weight is 554 g/mol. The number of benzene rings is 2. The number of phenolic OH excluding ortho intramolecular Hbond substituents is 1. The number of hydrogen-bond donors (Lipinski definition) is 5. The Morgan fingerprint density at radius 3 is 1.97 bits per heavy atom. The van der Waals surface area contributed by atoms with Gasteiger partial charge in [0.05, 0.1) is 11.0 Å². The number of aromatic nitrogens is 2. The molecule has 34 heavy (non-hydrogen) atoms. The molecule has 4 rings (SSSR count). The average Bonchev–Trinajstić information content (AvgIpc) is 3.37. The van der Waals surface area contributed by atoms with E-state index in [-0.39, 0.29) is 28.1 Å². The Bertz CT molecular complexity index is 1570. The van der Waals surface area contributed by atoms with E-state index in [4.69, 9.17) is 17.1 Å². The van der Waals surface area contributed by atoms with Crippen LogP contribution in [0.15, 0.2) is 56.5 Å². The fraction of sp³-hybridized carbons (Fsp3) is 0. The van der Waals surface area contributed by atoms with Crippen LogP contribution in [0.25, 0.3) is 4.85 Å². The van der Waals surface area contributed by atoms with Crippen LogP contribution in [-0.2, 0) is 0 Å². The highest BCUT2D eigenvalue weighted by Gasteiger charge is 2.13. The maximum absolute atomic E-state index is 11.3. The van der Waals surface area contributed by atoms with Gasteiger partial charge in [-0.1, -0.05) is 18.2 Å². The van der Waals surface area contributed by atoms with Crippen molar-refractivity contribution in [1.82, 2.24) is 8.75 Å². The molecule has 13 heteroatoms. The zero-order chi connectivity index (χ0) is 24.7. The zero-order valence-corrected chi connectivity index (χ0v) is 20.1. The molecule has 0 aliphatic heterocycles. The van der Waals surface area contributed by atoms with Crippen molar-refractivity contribution in [1.29, 1.82) is 10.5 Å². The largest absolute Gasteiger partial charge is 0.518 e. The number of nitrogens with one attached hydrogen (secondary N) is 4. The van der Waals surface area contributed by atoms with Gasteiger partial charge in [-0.05, 0) is 63.3 Å². The number of nitriles is 2. The molecule has 0 saturated carbocycles. The highest BCUT2D eigenvalue weighted by Crippen LogP contribution is 2.38. The molecule has 0 unspecified atom stereocenters. The molecule has 0 bridgehead atoms. The quantitative estimate of drug-likeness (QED) is 0.173. The topological polar surface area (TPSA) is 162 Å². The van der Waals surface area contributed by atoms with Crippen molar-refractivity contribution in [3.05, 3.63) is 90.2 Å². The summed E-state index contributed by atoms with van der Waals surface area (Å²) in [5, 5.41) is 34.0. The minimum absolute atomic E-state index is 0.0152. The van der Waals surface area contributed by atoms with E-state index in [0.29, 0.717) is 20.2 Å². The van der Waals surface area contributed by atoms with Crippen molar-refractivity contribution in [2.75, 3.05) is 10.6 Å². The van der Waals surface area contributed by atoms with Gasteiger partial charge in [0.15, 0.2) is 11.1 Å². The first-order valence-electron chi connectivity index (χ1n) is 9.10. The lowest BCUT2D eigenvalue weighted by Gasteiger charge is -2.07. The summed E-state index contributed by atoms with van der Waals surface area (Å²) in [5.74, 6) is -0.150. The first kappa shape index (κ1) is 24.3. The molecular weight excluding hydrogens is 542 g/mol. The monoisotopic (exact) mass is 553 g/mol. The number of phenols is 1. The fourth-order valence-electron chi connectivity index (χ4n) is 2.51. The van der Waals surface area contributed by atoms with Crippen LogP contribution < -0.4 is 21.8 Å². The predicted molar refractivity (Wildman–Crippen MR) is 134 cm³/mol. The van der Waals surface area contributed by atoms with E-state index < -0.39 is 5.56 Å². The van der Waals surface area contributed by atoms with Crippen molar-refractivity contribution in [2.24, 2.45) is 0 Å². The number of nitrogens with zero attached hydrogens (tertiary/aromatic N) is 3. The normalized spacial score (nSPS) is 9.59. The molecular formula is C21H12BrN7O3S2. The fourth-order valence-corrected chi connectivity index (χ4v) is 4.37. The Labute approximate surface area is 208 Å². The van der Waals surface area contributed by atoms with Crippen molar-refractivity contribution in [2.45, 2.75) is 0 Å². The number of hydrogen-bond acceptors (Lipinski definition) is 9. The van der Waals surface area contributed by atoms with Crippen LogP contribution in [0.5, 0.6) is 5.75 Å². The Hall–Kier alpha value is -4.35. The number of para-hydroxylation sites is 1. The number of rotatable bonds is 4. The number of aromatic hydroxyl groups is 1. The van der Waals surface area contributed by atoms with Gasteiger partial charge < -0.3 is 15.7 Å². The molecule has 0 amide bonds. The maximum atomic E-state index is 11.3. The van der Waals surface area contributed by atoms with E-state index in [0.717, 1.165) is 28.8 Å². The Morgan fingerprint density at radius 2 is 1.47 bits per heavy atom. The smallest absolute Gasteiger partial charge is 0.278 e. The Morgan fingerprint density at radius 1 is 0.941 bits per heavy atom. The van der Waals surface area contributed by atoms with Gasteiger partial charge in [0.2, 0.25) is 5.69 Å². The van der Waals surface area contributed by atoms with E-state index >= 15 is 0 Å². The molecule has 0 aliphatic rings. The summed E-state index contributed by atoms with van der Waals surface area (Å²) in [5.41, 5.74) is 0.714. The van der Waals surface area contributed by atoms with Gasteiger partial charge in [-0.15, -0.1) is 0 Å². The summed E-state index contributed by atoms with van der Waals surface area (Å²) in [7, 11) is 0. The van der Waals surface area contributed by atoms with Crippen molar-refractivity contribution < 1.29 is 5.11 Å². The van der Waals surface area contributed by atoms with Crippen LogP contribution in [-0.4, -0.2) is 13.9 Å². The number of halogens is 1. The molecule has 2 aromatic carbocycles. The van der Waals surface area contributed by atoms with Crippen molar-refractivity contribution in [3.63, 3.8) is 0 Å². The minimum Gasteiger partial charge on any atom is -0.518 e. The summed E-state index contributed by atoms with van der Waals surface area (Å²) in [6.45, 7) is 6.95. The van der Waals surface area contributed by atoms with Gasteiger partial charge in [-0.3, -0.25) is 18.3 Å². The van der Waals surface area contributed by atoms with Crippen LogP contribution in [0, 0.1) is 29.2 Å². The third kappa shape index (κ3) is 5.52. The van der Waals surface area contributed by atoms with E-state index in [1.165, 1.54) is 6.07 Å². The second-order valence-electron chi connectivity index (χ2n) is 6.25. The van der Waals surface area contributed by atoms with Crippen LogP contribution in [0.2, 0.25) is 0 Å². The van der Waals surface area contributed by atoms with Crippen LogP contribution in [0.3, 0.4) is 0 Å². The van der Waals surface area contributed by atoms with Crippen molar-refractivity contribution >= 4 is 66.1 Å². The minimum atomic E-state index is -0.460. The molecule has 0 atom stereocenters. The third-order valence-corrected chi connectivity index (χ3v) is 6.28. The molecule has 0 fully saturated rings.